The average Bonchev–Trinajstić information content (AvgIpc) is 2.53. The van der Waals surface area contributed by atoms with Gasteiger partial charge in [0.15, 0.2) is 0 Å². The summed E-state index contributed by atoms with van der Waals surface area (Å²) in [6.45, 7) is 2.27. The van der Waals surface area contributed by atoms with E-state index in [0.29, 0.717) is 12.1 Å². The molecule has 0 unspecified atom stereocenters. The first-order valence-corrected chi connectivity index (χ1v) is 5.14. The lowest BCUT2D eigenvalue weighted by molar-refractivity contribution is 0.558. The Kier molecular flexibility index (Phi) is 2.65. The summed E-state index contributed by atoms with van der Waals surface area (Å²) in [7, 11) is 0. The molecule has 1 heteroatoms. The first-order chi connectivity index (χ1) is 6.34. The van der Waals surface area contributed by atoms with Gasteiger partial charge in [0.1, 0.15) is 0 Å². The summed E-state index contributed by atoms with van der Waals surface area (Å²) in [5.74, 6) is 0. The highest BCUT2D eigenvalue weighted by Gasteiger charge is 2.19. The van der Waals surface area contributed by atoms with Gasteiger partial charge in [0.2, 0.25) is 0 Å². The van der Waals surface area contributed by atoms with Crippen molar-refractivity contribution in [2.45, 2.75) is 38.3 Å². The van der Waals surface area contributed by atoms with Crippen LogP contribution in [0.3, 0.4) is 0 Å². The van der Waals surface area contributed by atoms with Crippen molar-refractivity contribution in [1.29, 1.82) is 0 Å². The van der Waals surface area contributed by atoms with E-state index in [2.05, 4.69) is 42.6 Å². The van der Waals surface area contributed by atoms with Gasteiger partial charge in [-0.1, -0.05) is 30.3 Å². The Morgan fingerprint density at radius 3 is 2.62 bits per heavy atom. The molecule has 1 aromatic carbocycles. The average molecular weight is 175 g/mol. The van der Waals surface area contributed by atoms with E-state index < -0.39 is 0 Å². The Morgan fingerprint density at radius 2 is 2.00 bits per heavy atom. The highest BCUT2D eigenvalue weighted by molar-refractivity contribution is 5.16. The second-order valence-corrected chi connectivity index (χ2v) is 4.03. The van der Waals surface area contributed by atoms with Crippen LogP contribution in [0.25, 0.3) is 0 Å². The van der Waals surface area contributed by atoms with Gasteiger partial charge in [-0.2, -0.15) is 0 Å². The Morgan fingerprint density at radius 1 is 1.23 bits per heavy atom. The number of hydrogen-bond acceptors (Lipinski definition) is 1. The zero-order chi connectivity index (χ0) is 9.10. The topological polar surface area (TPSA) is 12.0 Å². The van der Waals surface area contributed by atoms with E-state index in [1.807, 2.05) is 0 Å². The summed E-state index contributed by atoms with van der Waals surface area (Å²) in [6, 6.07) is 12.2. The molecule has 0 aliphatic carbocycles. The van der Waals surface area contributed by atoms with Gasteiger partial charge in [0.05, 0.1) is 0 Å². The van der Waals surface area contributed by atoms with E-state index >= 15 is 0 Å². The molecule has 1 heterocycles. The quantitative estimate of drug-likeness (QED) is 0.727. The van der Waals surface area contributed by atoms with Crippen molar-refractivity contribution in [3.63, 3.8) is 0 Å². The van der Waals surface area contributed by atoms with Crippen molar-refractivity contribution >= 4 is 0 Å². The van der Waals surface area contributed by atoms with Crippen molar-refractivity contribution in [2.75, 3.05) is 0 Å². The molecule has 0 bridgehead atoms. The van der Waals surface area contributed by atoms with Gasteiger partial charge >= 0.3 is 0 Å². The van der Waals surface area contributed by atoms with Crippen LogP contribution in [0.4, 0.5) is 0 Å². The van der Waals surface area contributed by atoms with E-state index in [0.717, 1.165) is 0 Å². The summed E-state index contributed by atoms with van der Waals surface area (Å²) < 4.78 is 0. The maximum atomic E-state index is 3.60. The number of benzene rings is 1. The molecule has 0 radical (unpaired) electrons. The number of rotatable bonds is 2. The molecular formula is C12H17N. The monoisotopic (exact) mass is 175 g/mol. The summed E-state index contributed by atoms with van der Waals surface area (Å²) in [6.07, 6.45) is 3.85. The molecule has 13 heavy (non-hydrogen) atoms. The molecule has 1 saturated heterocycles. The predicted molar refractivity (Wildman–Crippen MR) is 55.8 cm³/mol. The summed E-state index contributed by atoms with van der Waals surface area (Å²) in [5, 5.41) is 3.60. The van der Waals surface area contributed by atoms with Crippen molar-refractivity contribution in [1.82, 2.24) is 5.32 Å². The van der Waals surface area contributed by atoms with Gasteiger partial charge in [-0.25, -0.2) is 0 Å². The maximum Gasteiger partial charge on any atom is 0.0110 e. The Hall–Kier alpha value is -0.820. The van der Waals surface area contributed by atoms with Crippen molar-refractivity contribution in [2.24, 2.45) is 0 Å². The molecule has 1 fully saturated rings. The highest BCUT2D eigenvalue weighted by atomic mass is 15.0. The van der Waals surface area contributed by atoms with Crippen LogP contribution >= 0.6 is 0 Å². The molecule has 1 aliphatic rings. The van der Waals surface area contributed by atoms with Gasteiger partial charge < -0.3 is 5.32 Å². The lowest BCUT2D eigenvalue weighted by Gasteiger charge is -2.11. The molecule has 1 nitrogen and oxygen atoms in total. The maximum absolute atomic E-state index is 3.60. The largest absolute Gasteiger partial charge is 0.311 e. The Balaban J connectivity index is 1.92. The second kappa shape index (κ2) is 3.93. The van der Waals surface area contributed by atoms with Gasteiger partial charge in [-0.3, -0.25) is 0 Å². The first kappa shape index (κ1) is 8.76. The third-order valence-corrected chi connectivity index (χ3v) is 2.79. The molecule has 0 spiro atoms. The van der Waals surface area contributed by atoms with Gasteiger partial charge in [-0.05, 0) is 31.7 Å². The van der Waals surface area contributed by atoms with Crippen LogP contribution in [0.2, 0.25) is 0 Å². The zero-order valence-corrected chi connectivity index (χ0v) is 8.16. The van der Waals surface area contributed by atoms with Gasteiger partial charge in [0.25, 0.3) is 0 Å². The minimum atomic E-state index is 0.706. The van der Waals surface area contributed by atoms with Crippen LogP contribution < -0.4 is 5.32 Å². The molecule has 0 saturated carbocycles. The molecular weight excluding hydrogens is 158 g/mol. The van der Waals surface area contributed by atoms with Crippen molar-refractivity contribution in [3.05, 3.63) is 35.9 Å². The van der Waals surface area contributed by atoms with Crippen LogP contribution in [0.5, 0.6) is 0 Å². The zero-order valence-electron chi connectivity index (χ0n) is 8.16. The molecule has 2 rings (SSSR count). The minimum absolute atomic E-state index is 0.706. The molecule has 2 atom stereocenters. The number of nitrogens with one attached hydrogen (secondary N) is 1. The fourth-order valence-electron chi connectivity index (χ4n) is 2.08. The summed E-state index contributed by atoms with van der Waals surface area (Å²) in [4.78, 5) is 0. The lowest BCUT2D eigenvalue weighted by Crippen LogP contribution is -2.28. The van der Waals surface area contributed by atoms with Crippen LogP contribution in [0.15, 0.2) is 30.3 Å². The number of hydrogen-bond donors (Lipinski definition) is 1. The third-order valence-electron chi connectivity index (χ3n) is 2.79. The van der Waals surface area contributed by atoms with Crippen LogP contribution in [0, 0.1) is 0 Å². The summed E-state index contributed by atoms with van der Waals surface area (Å²) >= 11 is 0. The summed E-state index contributed by atoms with van der Waals surface area (Å²) in [5.41, 5.74) is 1.45. The first-order valence-electron chi connectivity index (χ1n) is 5.14. The van der Waals surface area contributed by atoms with E-state index in [4.69, 9.17) is 0 Å². The van der Waals surface area contributed by atoms with Crippen LogP contribution in [-0.4, -0.2) is 12.1 Å². The van der Waals surface area contributed by atoms with Crippen LogP contribution in [-0.2, 0) is 6.42 Å². The normalized spacial score (nSPS) is 27.8. The van der Waals surface area contributed by atoms with E-state index in [1.165, 1.54) is 24.8 Å². The molecule has 1 aromatic rings. The molecule has 70 valence electrons. The van der Waals surface area contributed by atoms with Crippen LogP contribution in [0.1, 0.15) is 25.3 Å². The molecule has 0 aromatic heterocycles. The predicted octanol–water partition coefficient (Wildman–Crippen LogP) is 2.37. The van der Waals surface area contributed by atoms with Crippen molar-refractivity contribution in [3.8, 4) is 0 Å². The highest BCUT2D eigenvalue weighted by Crippen LogP contribution is 2.15. The second-order valence-electron chi connectivity index (χ2n) is 4.03. The smallest absolute Gasteiger partial charge is 0.0110 e. The van der Waals surface area contributed by atoms with Gasteiger partial charge in [0, 0.05) is 12.1 Å². The Labute approximate surface area is 80.2 Å². The van der Waals surface area contributed by atoms with E-state index in [9.17, 15) is 0 Å². The molecule has 1 N–H and O–H groups in total. The SMILES string of the molecule is C[C@H]1CC[C@@H](Cc2ccccc2)N1. The molecule has 1 aliphatic heterocycles. The van der Waals surface area contributed by atoms with Crippen molar-refractivity contribution < 1.29 is 0 Å². The molecule has 0 amide bonds. The fourth-order valence-corrected chi connectivity index (χ4v) is 2.08. The van der Waals surface area contributed by atoms with Gasteiger partial charge in [-0.15, -0.1) is 0 Å². The fraction of sp³-hybridized carbons (Fsp3) is 0.500. The standard InChI is InChI=1S/C12H17N/c1-10-7-8-12(13-10)9-11-5-3-2-4-6-11/h2-6,10,12-13H,7-9H2,1H3/t10-,12-/m0/s1. The Bertz CT molecular complexity index is 255. The van der Waals surface area contributed by atoms with E-state index in [1.54, 1.807) is 0 Å². The van der Waals surface area contributed by atoms with E-state index in [-0.39, 0.29) is 0 Å². The third kappa shape index (κ3) is 2.31. The minimum Gasteiger partial charge on any atom is -0.311 e. The lowest BCUT2D eigenvalue weighted by atomic mass is 10.1.